The van der Waals surface area contributed by atoms with Crippen LogP contribution in [0, 0.1) is 6.92 Å². The zero-order valence-corrected chi connectivity index (χ0v) is 11.3. The van der Waals surface area contributed by atoms with E-state index in [9.17, 15) is 9.59 Å². The molecule has 1 fully saturated rings. The standard InChI is InChI=1S/C15H16N2O3/c1-10-2-5-13(20-10)9-17(12-3-4-12)15(19)11-6-7-16-14(18)8-11/h2,5-8,12H,3-4,9H2,1H3,(H,16,18). The van der Waals surface area contributed by atoms with Crippen molar-refractivity contribution < 1.29 is 9.21 Å². The highest BCUT2D eigenvalue weighted by Gasteiger charge is 2.33. The molecule has 2 heterocycles. The van der Waals surface area contributed by atoms with Gasteiger partial charge in [0.2, 0.25) is 5.56 Å². The largest absolute Gasteiger partial charge is 0.464 e. The summed E-state index contributed by atoms with van der Waals surface area (Å²) in [6.45, 7) is 2.33. The summed E-state index contributed by atoms with van der Waals surface area (Å²) in [7, 11) is 0. The maximum absolute atomic E-state index is 12.5. The first kappa shape index (κ1) is 12.7. The fourth-order valence-corrected chi connectivity index (χ4v) is 2.23. The van der Waals surface area contributed by atoms with Crippen LogP contribution in [-0.4, -0.2) is 21.8 Å². The summed E-state index contributed by atoms with van der Waals surface area (Å²) >= 11 is 0. The van der Waals surface area contributed by atoms with E-state index >= 15 is 0 Å². The van der Waals surface area contributed by atoms with Gasteiger partial charge in [0.1, 0.15) is 11.5 Å². The Labute approximate surface area is 116 Å². The van der Waals surface area contributed by atoms with E-state index in [4.69, 9.17) is 4.42 Å². The number of carbonyl (C=O) groups is 1. The maximum atomic E-state index is 12.5. The molecule has 1 amide bonds. The second kappa shape index (κ2) is 5.00. The molecule has 0 radical (unpaired) electrons. The van der Waals surface area contributed by atoms with Gasteiger partial charge in [-0.2, -0.15) is 0 Å². The summed E-state index contributed by atoms with van der Waals surface area (Å²) < 4.78 is 5.54. The molecule has 20 heavy (non-hydrogen) atoms. The average Bonchev–Trinajstić information content (AvgIpc) is 3.19. The lowest BCUT2D eigenvalue weighted by Gasteiger charge is -2.21. The zero-order valence-electron chi connectivity index (χ0n) is 11.3. The molecule has 2 aromatic rings. The minimum atomic E-state index is -0.263. The van der Waals surface area contributed by atoms with Gasteiger partial charge in [0, 0.05) is 23.9 Å². The summed E-state index contributed by atoms with van der Waals surface area (Å²) in [5, 5.41) is 0. The van der Waals surface area contributed by atoms with Crippen LogP contribution in [0.2, 0.25) is 0 Å². The van der Waals surface area contributed by atoms with E-state index in [0.717, 1.165) is 24.4 Å². The van der Waals surface area contributed by atoms with Crippen molar-refractivity contribution in [3.05, 3.63) is 57.9 Å². The van der Waals surface area contributed by atoms with Gasteiger partial charge in [-0.3, -0.25) is 9.59 Å². The molecule has 3 rings (SSSR count). The Morgan fingerprint density at radius 2 is 2.20 bits per heavy atom. The summed E-state index contributed by atoms with van der Waals surface area (Å²) in [4.78, 5) is 28.1. The fraction of sp³-hybridized carbons (Fsp3) is 0.333. The summed E-state index contributed by atoms with van der Waals surface area (Å²) in [5.74, 6) is 1.49. The summed E-state index contributed by atoms with van der Waals surface area (Å²) in [5.41, 5.74) is 0.157. The molecule has 1 aliphatic carbocycles. The molecule has 1 saturated carbocycles. The van der Waals surface area contributed by atoms with Crippen molar-refractivity contribution in [3.63, 3.8) is 0 Å². The molecule has 104 valence electrons. The van der Waals surface area contributed by atoms with Gasteiger partial charge in [0.15, 0.2) is 0 Å². The Kier molecular flexibility index (Phi) is 3.18. The monoisotopic (exact) mass is 272 g/mol. The van der Waals surface area contributed by atoms with Crippen LogP contribution >= 0.6 is 0 Å². The van der Waals surface area contributed by atoms with E-state index in [1.54, 1.807) is 11.0 Å². The first-order valence-electron chi connectivity index (χ1n) is 6.68. The van der Waals surface area contributed by atoms with E-state index in [-0.39, 0.29) is 17.5 Å². The van der Waals surface area contributed by atoms with Crippen LogP contribution in [-0.2, 0) is 6.54 Å². The normalized spacial score (nSPS) is 14.2. The number of nitrogens with one attached hydrogen (secondary N) is 1. The topological polar surface area (TPSA) is 66.3 Å². The fourth-order valence-electron chi connectivity index (χ4n) is 2.23. The van der Waals surface area contributed by atoms with Crippen LogP contribution in [0.3, 0.4) is 0 Å². The smallest absolute Gasteiger partial charge is 0.254 e. The number of hydrogen-bond acceptors (Lipinski definition) is 3. The predicted octanol–water partition coefficient (Wildman–Crippen LogP) is 2.08. The average molecular weight is 272 g/mol. The van der Waals surface area contributed by atoms with E-state index < -0.39 is 0 Å². The molecular weight excluding hydrogens is 256 g/mol. The number of amides is 1. The molecule has 0 unspecified atom stereocenters. The van der Waals surface area contributed by atoms with Gasteiger partial charge in [0.25, 0.3) is 5.91 Å². The highest BCUT2D eigenvalue weighted by Crippen LogP contribution is 2.30. The van der Waals surface area contributed by atoms with Crippen LogP contribution in [0.1, 0.15) is 34.7 Å². The molecular formula is C15H16N2O3. The lowest BCUT2D eigenvalue weighted by atomic mass is 10.2. The second-order valence-electron chi connectivity index (χ2n) is 5.12. The Bertz CT molecular complexity index is 682. The number of H-pyrrole nitrogens is 1. The van der Waals surface area contributed by atoms with Gasteiger partial charge in [0.05, 0.1) is 6.54 Å². The minimum absolute atomic E-state index is 0.118. The molecule has 5 heteroatoms. The van der Waals surface area contributed by atoms with E-state index in [2.05, 4.69) is 4.98 Å². The Hall–Kier alpha value is -2.30. The van der Waals surface area contributed by atoms with Gasteiger partial charge in [-0.15, -0.1) is 0 Å². The number of carbonyl (C=O) groups excluding carboxylic acids is 1. The van der Waals surface area contributed by atoms with Crippen molar-refractivity contribution in [1.82, 2.24) is 9.88 Å². The van der Waals surface area contributed by atoms with Crippen molar-refractivity contribution >= 4 is 5.91 Å². The Morgan fingerprint density at radius 1 is 1.40 bits per heavy atom. The van der Waals surface area contributed by atoms with Crippen LogP contribution < -0.4 is 5.56 Å². The van der Waals surface area contributed by atoms with Crippen molar-refractivity contribution in [3.8, 4) is 0 Å². The third-order valence-corrected chi connectivity index (χ3v) is 3.39. The van der Waals surface area contributed by atoms with Crippen molar-refractivity contribution in [2.75, 3.05) is 0 Å². The zero-order chi connectivity index (χ0) is 14.1. The number of aryl methyl sites for hydroxylation is 1. The quantitative estimate of drug-likeness (QED) is 0.926. The summed E-state index contributed by atoms with van der Waals surface area (Å²) in [6, 6.07) is 7.00. The number of rotatable bonds is 4. The van der Waals surface area contributed by atoms with E-state index in [1.807, 2.05) is 19.1 Å². The van der Waals surface area contributed by atoms with Gasteiger partial charge in [-0.05, 0) is 38.0 Å². The highest BCUT2D eigenvalue weighted by atomic mass is 16.3. The van der Waals surface area contributed by atoms with Gasteiger partial charge >= 0.3 is 0 Å². The molecule has 0 atom stereocenters. The number of aromatic nitrogens is 1. The van der Waals surface area contributed by atoms with E-state index in [0.29, 0.717) is 12.1 Å². The van der Waals surface area contributed by atoms with Gasteiger partial charge in [-0.25, -0.2) is 0 Å². The molecule has 0 aliphatic heterocycles. The molecule has 2 aromatic heterocycles. The number of hydrogen-bond donors (Lipinski definition) is 1. The van der Waals surface area contributed by atoms with Gasteiger partial charge in [-0.1, -0.05) is 0 Å². The highest BCUT2D eigenvalue weighted by molar-refractivity contribution is 5.94. The second-order valence-corrected chi connectivity index (χ2v) is 5.12. The molecule has 1 N–H and O–H groups in total. The van der Waals surface area contributed by atoms with Crippen molar-refractivity contribution in [2.24, 2.45) is 0 Å². The van der Waals surface area contributed by atoms with Gasteiger partial charge < -0.3 is 14.3 Å². The molecule has 1 aliphatic rings. The SMILES string of the molecule is Cc1ccc(CN(C(=O)c2cc[nH]c(=O)c2)C2CC2)o1. The van der Waals surface area contributed by atoms with Crippen molar-refractivity contribution in [1.29, 1.82) is 0 Å². The van der Waals surface area contributed by atoms with Crippen LogP contribution in [0.25, 0.3) is 0 Å². The number of pyridine rings is 1. The first-order valence-corrected chi connectivity index (χ1v) is 6.68. The van der Waals surface area contributed by atoms with Crippen LogP contribution in [0.15, 0.2) is 39.7 Å². The molecule has 0 saturated heterocycles. The van der Waals surface area contributed by atoms with E-state index in [1.165, 1.54) is 12.3 Å². The van der Waals surface area contributed by atoms with Crippen LogP contribution in [0.4, 0.5) is 0 Å². The van der Waals surface area contributed by atoms with Crippen molar-refractivity contribution in [2.45, 2.75) is 32.4 Å². The predicted molar refractivity (Wildman–Crippen MR) is 73.4 cm³/mol. The third kappa shape index (κ3) is 2.66. The number of aromatic amines is 1. The Morgan fingerprint density at radius 3 is 2.80 bits per heavy atom. The Balaban J connectivity index is 1.83. The third-order valence-electron chi connectivity index (χ3n) is 3.39. The lowest BCUT2D eigenvalue weighted by Crippen LogP contribution is -2.33. The minimum Gasteiger partial charge on any atom is -0.464 e. The summed E-state index contributed by atoms with van der Waals surface area (Å²) in [6.07, 6.45) is 3.51. The molecule has 0 bridgehead atoms. The van der Waals surface area contributed by atoms with Crippen LogP contribution in [0.5, 0.6) is 0 Å². The molecule has 0 spiro atoms. The number of furan rings is 1. The molecule has 5 nitrogen and oxygen atoms in total. The first-order chi connectivity index (χ1) is 9.63. The molecule has 0 aromatic carbocycles. The number of nitrogens with zero attached hydrogens (tertiary/aromatic N) is 1. The lowest BCUT2D eigenvalue weighted by molar-refractivity contribution is 0.0716. The maximum Gasteiger partial charge on any atom is 0.254 e.